The number of aliphatic hydroxyl groups is 9. The van der Waals surface area contributed by atoms with Gasteiger partial charge in [0, 0.05) is 102 Å². The van der Waals surface area contributed by atoms with E-state index in [0.29, 0.717) is 45.3 Å². The Morgan fingerprint density at radius 3 is 1.16 bits per heavy atom. The molecule has 476 valence electrons. The minimum atomic E-state index is -1.28. The molecule has 0 aliphatic carbocycles. The fraction of sp³-hybridized carbons (Fsp3) is 0.911. The summed E-state index contributed by atoms with van der Waals surface area (Å²) in [5.41, 5.74) is -1.24. The van der Waals surface area contributed by atoms with E-state index in [1.807, 2.05) is 13.8 Å². The molecule has 3 heterocycles. The van der Waals surface area contributed by atoms with E-state index in [4.69, 9.17) is 33.2 Å². The molecule has 25 heteroatoms. The van der Waals surface area contributed by atoms with Crippen LogP contribution in [0.2, 0.25) is 0 Å². The van der Waals surface area contributed by atoms with Crippen LogP contribution in [0.1, 0.15) is 152 Å². The highest BCUT2D eigenvalue weighted by Gasteiger charge is 2.45. The molecular weight excluding hydrogens is 1060 g/mol. The number of nitrogens with one attached hydrogen (secondary N) is 4. The molecule has 3 aliphatic heterocycles. The average Bonchev–Trinajstić information content (AvgIpc) is 3.50. The van der Waals surface area contributed by atoms with Gasteiger partial charge in [-0.05, 0) is 63.7 Å². The number of carbonyl (C=O) groups excluding carboxylic acids is 5. The number of Topliss-reactive ketones (excluding diaryl/α,β-unsaturated/α-hetero) is 1. The van der Waals surface area contributed by atoms with Crippen molar-refractivity contribution in [2.24, 2.45) is 23.7 Å². The molecule has 15 atom stereocenters. The van der Waals surface area contributed by atoms with Gasteiger partial charge in [-0.25, -0.2) is 0 Å². The number of rotatable bonds is 37. The lowest BCUT2D eigenvalue weighted by Gasteiger charge is -2.40. The zero-order valence-electron chi connectivity index (χ0n) is 49.8. The number of aliphatic hydroxyl groups excluding tert-OH is 9. The van der Waals surface area contributed by atoms with Crippen molar-refractivity contribution in [1.29, 1.82) is 0 Å². The van der Waals surface area contributed by atoms with Gasteiger partial charge in [0.25, 0.3) is 0 Å². The standard InChI is InChI=1S/C50H90N4O21.C4H10.C2H6/c1-30-41(63)44(66)34(27-55)73-47(30)70-24-6-5-11-33(58)14-17-50(54-40(62)13-7-12-37(59)51-20-8-23-69-4,18-15-38(60)52-21-9-25-71-48-31(2)42(64)45(67)35(28-56)74-48)19-16-39(61)53-22-10-26-72-49-32(3)43(65)46(68)36(29-57)75-49;1-4(2)3;1-2/h30-32,34-36,41-49,55-57,63-68H,5-29H2,1-4H3,(H,51,59)(H,52,60)(H,53,61)(H,54,62);4H,1-3H3;1-2H3/t30?,31?,32?,34?,35?,36?,41-,42-,43-,44+,45+,46+,47-,48-,49-,50?;;/m1../s1. The van der Waals surface area contributed by atoms with Crippen LogP contribution in [0.5, 0.6) is 0 Å². The highest BCUT2D eigenvalue weighted by Crippen LogP contribution is 2.31. The normalized spacial score (nSPS) is 29.0. The highest BCUT2D eigenvalue weighted by molar-refractivity contribution is 5.81. The van der Waals surface area contributed by atoms with Gasteiger partial charge in [0.05, 0.1) is 51.3 Å². The first kappa shape index (κ1) is 75.9. The van der Waals surface area contributed by atoms with Gasteiger partial charge in [0.2, 0.25) is 23.6 Å². The van der Waals surface area contributed by atoms with Gasteiger partial charge < -0.3 is 100 Å². The number of hydrogen-bond acceptors (Lipinski definition) is 21. The molecule has 0 spiro atoms. The first-order chi connectivity index (χ1) is 38.5. The summed E-state index contributed by atoms with van der Waals surface area (Å²) < 4.78 is 39.2. The maximum Gasteiger partial charge on any atom is 0.220 e. The third kappa shape index (κ3) is 29.0. The molecule has 0 aromatic rings. The summed E-state index contributed by atoms with van der Waals surface area (Å²) in [7, 11) is 1.56. The Morgan fingerprint density at radius 2 is 0.790 bits per heavy atom. The lowest BCUT2D eigenvalue weighted by molar-refractivity contribution is -0.282. The predicted molar refractivity (Wildman–Crippen MR) is 297 cm³/mol. The Morgan fingerprint density at radius 1 is 0.457 bits per heavy atom. The molecule has 0 aromatic carbocycles. The van der Waals surface area contributed by atoms with Crippen LogP contribution in [-0.2, 0) is 57.1 Å². The third-order valence-electron chi connectivity index (χ3n) is 14.1. The second kappa shape index (κ2) is 42.7. The molecule has 3 fully saturated rings. The molecule has 4 amide bonds. The van der Waals surface area contributed by atoms with Crippen molar-refractivity contribution in [2.75, 3.05) is 73.0 Å². The predicted octanol–water partition coefficient (Wildman–Crippen LogP) is 0.221. The first-order valence-electron chi connectivity index (χ1n) is 29.4. The van der Waals surface area contributed by atoms with Gasteiger partial charge in [-0.15, -0.1) is 0 Å². The fourth-order valence-electron chi connectivity index (χ4n) is 9.10. The Labute approximate surface area is 480 Å². The van der Waals surface area contributed by atoms with Crippen molar-refractivity contribution >= 4 is 29.4 Å². The van der Waals surface area contributed by atoms with Gasteiger partial charge in [-0.1, -0.05) is 55.4 Å². The summed E-state index contributed by atoms with van der Waals surface area (Å²) >= 11 is 0. The number of ketones is 1. The van der Waals surface area contributed by atoms with Crippen molar-refractivity contribution < 1.29 is 103 Å². The highest BCUT2D eigenvalue weighted by atomic mass is 16.7. The summed E-state index contributed by atoms with van der Waals surface area (Å²) in [6, 6.07) is 0. The number of methoxy groups -OCH3 is 1. The summed E-state index contributed by atoms with van der Waals surface area (Å²) in [6.45, 7) is 15.5. The molecular formula is C56H106N4O21. The van der Waals surface area contributed by atoms with Crippen LogP contribution >= 0.6 is 0 Å². The van der Waals surface area contributed by atoms with E-state index in [9.17, 15) is 69.9 Å². The van der Waals surface area contributed by atoms with Crippen LogP contribution in [0.25, 0.3) is 0 Å². The Hall–Kier alpha value is -3.09. The molecule has 0 saturated carbocycles. The third-order valence-corrected chi connectivity index (χ3v) is 14.1. The molecule has 0 bridgehead atoms. The maximum absolute atomic E-state index is 13.8. The SMILES string of the molecule is CC.CC(C)C.COCCCNC(=O)CCCC(=O)NC(CCC(=O)CCCCO[C@@H]1OC(CO)[C@H](O)[C@H](O)C1C)(CCC(=O)NCCCO[C@@H]1OC(CO)[C@H](O)[C@H](O)C1C)CCC(=O)NCCCO[C@@H]1OC(CO)[C@H](O)[C@H](O)C1C. The molecule has 3 saturated heterocycles. The summed E-state index contributed by atoms with van der Waals surface area (Å²) in [4.78, 5) is 66.6. The summed E-state index contributed by atoms with van der Waals surface area (Å²) in [6.07, 6.45) is -10.8. The molecule has 25 nitrogen and oxygen atoms in total. The van der Waals surface area contributed by atoms with E-state index >= 15 is 0 Å². The van der Waals surface area contributed by atoms with Crippen LogP contribution in [0.15, 0.2) is 0 Å². The minimum absolute atomic E-state index is 0.0248. The minimum Gasteiger partial charge on any atom is -0.394 e. The summed E-state index contributed by atoms with van der Waals surface area (Å²) in [5, 5.41) is 102. The fourth-order valence-corrected chi connectivity index (χ4v) is 9.10. The summed E-state index contributed by atoms with van der Waals surface area (Å²) in [5.74, 6) is -2.55. The topological polar surface area (TPSA) is 380 Å². The van der Waals surface area contributed by atoms with Gasteiger partial charge in [-0.2, -0.15) is 0 Å². The average molecular weight is 1170 g/mol. The molecule has 13 N–H and O–H groups in total. The van der Waals surface area contributed by atoms with Crippen molar-refractivity contribution in [1.82, 2.24) is 21.3 Å². The van der Waals surface area contributed by atoms with E-state index in [1.165, 1.54) is 0 Å². The number of amides is 4. The van der Waals surface area contributed by atoms with Gasteiger partial charge in [-0.3, -0.25) is 24.0 Å². The van der Waals surface area contributed by atoms with Crippen LogP contribution in [0.4, 0.5) is 0 Å². The van der Waals surface area contributed by atoms with Crippen molar-refractivity contribution in [3.63, 3.8) is 0 Å². The number of carbonyl (C=O) groups is 5. The molecule has 3 aliphatic rings. The molecule has 81 heavy (non-hydrogen) atoms. The van der Waals surface area contributed by atoms with E-state index in [0.717, 1.165) is 5.92 Å². The quantitative estimate of drug-likeness (QED) is 0.0370. The molecule has 0 radical (unpaired) electrons. The van der Waals surface area contributed by atoms with Crippen LogP contribution in [0, 0.1) is 23.7 Å². The second-order valence-electron chi connectivity index (χ2n) is 21.8. The van der Waals surface area contributed by atoms with Gasteiger partial charge in [0.1, 0.15) is 42.4 Å². The molecule has 0 aromatic heterocycles. The number of hydrogen-bond donors (Lipinski definition) is 13. The van der Waals surface area contributed by atoms with Crippen molar-refractivity contribution in [3.8, 4) is 0 Å². The monoisotopic (exact) mass is 1170 g/mol. The van der Waals surface area contributed by atoms with Crippen molar-refractivity contribution in [3.05, 3.63) is 0 Å². The van der Waals surface area contributed by atoms with Crippen LogP contribution in [-0.4, -0.2) is 228 Å². The van der Waals surface area contributed by atoms with E-state index < -0.39 is 123 Å². The first-order valence-corrected chi connectivity index (χ1v) is 29.4. The zero-order chi connectivity index (χ0) is 61.1. The number of ether oxygens (including phenoxy) is 7. The lowest BCUT2D eigenvalue weighted by atomic mass is 9.82. The smallest absolute Gasteiger partial charge is 0.220 e. The van der Waals surface area contributed by atoms with E-state index in [1.54, 1.807) is 27.9 Å². The van der Waals surface area contributed by atoms with Crippen LogP contribution in [0.3, 0.4) is 0 Å². The largest absolute Gasteiger partial charge is 0.394 e. The van der Waals surface area contributed by atoms with Crippen LogP contribution < -0.4 is 21.3 Å². The zero-order valence-corrected chi connectivity index (χ0v) is 49.8. The van der Waals surface area contributed by atoms with E-state index in [2.05, 4.69) is 42.0 Å². The van der Waals surface area contributed by atoms with Gasteiger partial charge in [0.15, 0.2) is 18.9 Å². The lowest BCUT2D eigenvalue weighted by Crippen LogP contribution is -2.55. The second-order valence-corrected chi connectivity index (χ2v) is 21.8. The maximum atomic E-state index is 13.8. The van der Waals surface area contributed by atoms with E-state index in [-0.39, 0.29) is 121 Å². The number of unbranched alkanes of at least 4 members (excludes halogenated alkanes) is 1. The van der Waals surface area contributed by atoms with Gasteiger partial charge >= 0.3 is 0 Å². The Bertz CT molecular complexity index is 1560. The molecule has 3 rings (SSSR count). The Balaban J connectivity index is 0.00000522. The molecule has 6 unspecified atom stereocenters. The van der Waals surface area contributed by atoms with Crippen molar-refractivity contribution in [2.45, 2.75) is 231 Å². The Kier molecular flexibility index (Phi) is 40.0.